The van der Waals surface area contributed by atoms with Gasteiger partial charge < -0.3 is 15.8 Å². The molecule has 5 nitrogen and oxygen atoms in total. The van der Waals surface area contributed by atoms with Crippen LogP contribution >= 0.6 is 0 Å². The van der Waals surface area contributed by atoms with E-state index in [1.807, 2.05) is 6.07 Å². The number of ether oxygens (including phenoxy) is 1. The normalized spacial score (nSPS) is 9.60. The van der Waals surface area contributed by atoms with E-state index in [0.29, 0.717) is 28.2 Å². The Balaban J connectivity index is 2.36. The summed E-state index contributed by atoms with van der Waals surface area (Å²) in [4.78, 5) is 11.7. The van der Waals surface area contributed by atoms with E-state index in [9.17, 15) is 4.79 Å². The number of methoxy groups -OCH3 is 1. The van der Waals surface area contributed by atoms with Crippen LogP contribution < -0.4 is 11.1 Å². The van der Waals surface area contributed by atoms with Crippen LogP contribution in [0, 0.1) is 11.3 Å². The predicted molar refractivity (Wildman–Crippen MR) is 76.6 cm³/mol. The zero-order valence-electron chi connectivity index (χ0n) is 10.9. The summed E-state index contributed by atoms with van der Waals surface area (Å²) in [6, 6.07) is 13.9. The third-order valence-corrected chi connectivity index (χ3v) is 2.78. The number of nitrogens with one attached hydrogen (secondary N) is 1. The number of para-hydroxylation sites is 1. The minimum absolute atomic E-state index is 0.416. The molecule has 0 bridgehead atoms. The first-order chi connectivity index (χ1) is 9.65. The van der Waals surface area contributed by atoms with E-state index < -0.39 is 5.97 Å². The number of hydrogen-bond acceptors (Lipinski definition) is 5. The second-order valence-corrected chi connectivity index (χ2v) is 4.08. The lowest BCUT2D eigenvalue weighted by atomic mass is 10.1. The molecule has 5 heteroatoms. The van der Waals surface area contributed by atoms with Gasteiger partial charge in [-0.05, 0) is 30.3 Å². The van der Waals surface area contributed by atoms with Gasteiger partial charge in [-0.2, -0.15) is 5.26 Å². The standard InChI is InChI=1S/C15H13N3O2/c1-20-15(19)11-4-2-3-5-13(11)18-14-7-6-10(9-16)8-12(14)17/h2-8,18H,17H2,1H3. The lowest BCUT2D eigenvalue weighted by molar-refractivity contribution is 0.0602. The summed E-state index contributed by atoms with van der Waals surface area (Å²) in [6.45, 7) is 0. The summed E-state index contributed by atoms with van der Waals surface area (Å²) in [7, 11) is 1.33. The van der Waals surface area contributed by atoms with Crippen molar-refractivity contribution in [2.45, 2.75) is 0 Å². The maximum absolute atomic E-state index is 11.7. The Morgan fingerprint density at radius 1 is 1.25 bits per heavy atom. The molecule has 3 N–H and O–H groups in total. The third kappa shape index (κ3) is 2.70. The molecule has 0 atom stereocenters. The Hall–Kier alpha value is -3.00. The maximum atomic E-state index is 11.7. The molecule has 0 aliphatic rings. The van der Waals surface area contributed by atoms with Crippen LogP contribution in [0.4, 0.5) is 17.1 Å². The highest BCUT2D eigenvalue weighted by atomic mass is 16.5. The molecular formula is C15H13N3O2. The zero-order valence-corrected chi connectivity index (χ0v) is 10.9. The molecule has 0 saturated carbocycles. The van der Waals surface area contributed by atoms with Gasteiger partial charge in [-0.1, -0.05) is 12.1 Å². The summed E-state index contributed by atoms with van der Waals surface area (Å²) < 4.78 is 4.73. The van der Waals surface area contributed by atoms with Crippen molar-refractivity contribution in [2.24, 2.45) is 0 Å². The molecule has 2 rings (SSSR count). The minimum atomic E-state index is -0.430. The van der Waals surface area contributed by atoms with Gasteiger partial charge in [-0.25, -0.2) is 4.79 Å². The first-order valence-corrected chi connectivity index (χ1v) is 5.89. The van der Waals surface area contributed by atoms with Crippen molar-refractivity contribution in [1.29, 1.82) is 5.26 Å². The number of carbonyl (C=O) groups excluding carboxylic acids is 1. The van der Waals surface area contributed by atoms with E-state index in [2.05, 4.69) is 5.32 Å². The highest BCUT2D eigenvalue weighted by Gasteiger charge is 2.11. The Kier molecular flexibility index (Phi) is 3.87. The number of rotatable bonds is 3. The molecule has 0 unspecified atom stereocenters. The lowest BCUT2D eigenvalue weighted by Crippen LogP contribution is -2.06. The SMILES string of the molecule is COC(=O)c1ccccc1Nc1ccc(C#N)cc1N. The molecular weight excluding hydrogens is 254 g/mol. The first-order valence-electron chi connectivity index (χ1n) is 5.89. The van der Waals surface area contributed by atoms with Gasteiger partial charge in [-0.3, -0.25) is 0 Å². The fourth-order valence-electron chi connectivity index (χ4n) is 1.77. The Labute approximate surface area is 116 Å². The van der Waals surface area contributed by atoms with E-state index in [1.165, 1.54) is 7.11 Å². The van der Waals surface area contributed by atoms with Crippen LogP contribution in [0.5, 0.6) is 0 Å². The van der Waals surface area contributed by atoms with Crippen LogP contribution in [0.2, 0.25) is 0 Å². The number of esters is 1. The first kappa shape index (κ1) is 13.4. The molecule has 0 aliphatic heterocycles. The number of nitrogen functional groups attached to an aromatic ring is 1. The summed E-state index contributed by atoms with van der Waals surface area (Å²) in [6.07, 6.45) is 0. The average molecular weight is 267 g/mol. The topological polar surface area (TPSA) is 88.1 Å². The number of carbonyl (C=O) groups is 1. The van der Waals surface area contributed by atoms with Crippen molar-refractivity contribution in [3.8, 4) is 6.07 Å². The van der Waals surface area contributed by atoms with Gasteiger partial charge in [0, 0.05) is 0 Å². The van der Waals surface area contributed by atoms with Crippen molar-refractivity contribution >= 4 is 23.0 Å². The zero-order chi connectivity index (χ0) is 14.5. The van der Waals surface area contributed by atoms with Crippen molar-refractivity contribution in [3.05, 3.63) is 53.6 Å². The predicted octanol–water partition coefficient (Wildman–Crippen LogP) is 2.67. The van der Waals surface area contributed by atoms with Crippen LogP contribution in [0.1, 0.15) is 15.9 Å². The molecule has 0 saturated heterocycles. The van der Waals surface area contributed by atoms with Crippen LogP contribution in [0.15, 0.2) is 42.5 Å². The van der Waals surface area contributed by atoms with Gasteiger partial charge in [-0.15, -0.1) is 0 Å². The second-order valence-electron chi connectivity index (χ2n) is 4.08. The lowest BCUT2D eigenvalue weighted by Gasteiger charge is -2.12. The van der Waals surface area contributed by atoms with Gasteiger partial charge in [0.25, 0.3) is 0 Å². The van der Waals surface area contributed by atoms with Crippen LogP contribution in [-0.4, -0.2) is 13.1 Å². The molecule has 20 heavy (non-hydrogen) atoms. The summed E-state index contributed by atoms with van der Waals surface area (Å²) in [5.41, 5.74) is 8.42. The van der Waals surface area contributed by atoms with Crippen LogP contribution in [0.25, 0.3) is 0 Å². The molecule has 100 valence electrons. The fourth-order valence-corrected chi connectivity index (χ4v) is 1.77. The number of nitrogens with two attached hydrogens (primary N) is 1. The van der Waals surface area contributed by atoms with Crippen molar-refractivity contribution < 1.29 is 9.53 Å². The average Bonchev–Trinajstić information content (AvgIpc) is 2.49. The van der Waals surface area contributed by atoms with Crippen molar-refractivity contribution in [3.63, 3.8) is 0 Å². The maximum Gasteiger partial charge on any atom is 0.339 e. The quantitative estimate of drug-likeness (QED) is 0.659. The van der Waals surface area contributed by atoms with Gasteiger partial charge in [0.05, 0.1) is 41.4 Å². The van der Waals surface area contributed by atoms with E-state index in [1.54, 1.807) is 42.5 Å². The number of hydrogen-bond donors (Lipinski definition) is 2. The summed E-state index contributed by atoms with van der Waals surface area (Å²) in [5.74, 6) is -0.430. The molecule has 0 aliphatic carbocycles. The molecule has 0 heterocycles. The number of nitriles is 1. The fraction of sp³-hybridized carbons (Fsp3) is 0.0667. The Bertz CT molecular complexity index is 690. The van der Waals surface area contributed by atoms with Gasteiger partial charge in [0.15, 0.2) is 0 Å². The molecule has 0 amide bonds. The van der Waals surface area contributed by atoms with Crippen molar-refractivity contribution in [1.82, 2.24) is 0 Å². The molecule has 2 aromatic rings. The summed E-state index contributed by atoms with van der Waals surface area (Å²) in [5, 5.41) is 11.9. The Morgan fingerprint density at radius 3 is 2.65 bits per heavy atom. The van der Waals surface area contributed by atoms with Crippen LogP contribution in [0.3, 0.4) is 0 Å². The number of anilines is 3. The van der Waals surface area contributed by atoms with Gasteiger partial charge in [0.2, 0.25) is 0 Å². The van der Waals surface area contributed by atoms with E-state index in [0.717, 1.165) is 0 Å². The summed E-state index contributed by atoms with van der Waals surface area (Å²) >= 11 is 0. The molecule has 0 radical (unpaired) electrons. The van der Waals surface area contributed by atoms with Gasteiger partial charge in [0.1, 0.15) is 0 Å². The second kappa shape index (κ2) is 5.76. The third-order valence-electron chi connectivity index (χ3n) is 2.78. The smallest absolute Gasteiger partial charge is 0.339 e. The molecule has 2 aromatic carbocycles. The largest absolute Gasteiger partial charge is 0.465 e. The highest BCUT2D eigenvalue weighted by Crippen LogP contribution is 2.26. The van der Waals surface area contributed by atoms with Crippen molar-refractivity contribution in [2.75, 3.05) is 18.2 Å². The van der Waals surface area contributed by atoms with Gasteiger partial charge >= 0.3 is 5.97 Å². The van der Waals surface area contributed by atoms with E-state index in [4.69, 9.17) is 15.7 Å². The molecule has 0 fully saturated rings. The molecule has 0 spiro atoms. The van der Waals surface area contributed by atoms with Crippen LogP contribution in [-0.2, 0) is 4.74 Å². The Morgan fingerprint density at radius 2 is 2.00 bits per heavy atom. The number of benzene rings is 2. The highest BCUT2D eigenvalue weighted by molar-refractivity contribution is 5.97. The number of nitrogens with zero attached hydrogens (tertiary/aromatic N) is 1. The van der Waals surface area contributed by atoms with E-state index >= 15 is 0 Å². The monoisotopic (exact) mass is 267 g/mol. The minimum Gasteiger partial charge on any atom is -0.465 e. The van der Waals surface area contributed by atoms with E-state index in [-0.39, 0.29) is 0 Å². The molecule has 0 aromatic heterocycles.